The van der Waals surface area contributed by atoms with Crippen molar-refractivity contribution in [1.82, 2.24) is 24.7 Å². The highest BCUT2D eigenvalue weighted by molar-refractivity contribution is 5.86. The Labute approximate surface area is 138 Å². The number of hydrogen-bond acceptors (Lipinski definition) is 7. The van der Waals surface area contributed by atoms with E-state index in [-0.39, 0.29) is 11.1 Å². The number of methoxy groups -OCH3 is 1. The maximum Gasteiger partial charge on any atom is 0.358 e. The molecule has 8 heteroatoms. The van der Waals surface area contributed by atoms with Crippen molar-refractivity contribution >= 4 is 5.97 Å². The Hall–Kier alpha value is -3.03. The van der Waals surface area contributed by atoms with Crippen molar-refractivity contribution in [1.29, 1.82) is 0 Å². The summed E-state index contributed by atoms with van der Waals surface area (Å²) in [5.74, 6) is 1.17. The smallest absolute Gasteiger partial charge is 0.358 e. The van der Waals surface area contributed by atoms with Crippen LogP contribution in [0.5, 0.6) is 0 Å². The van der Waals surface area contributed by atoms with Crippen molar-refractivity contribution in [2.75, 3.05) is 7.11 Å². The number of rotatable bonds is 3. The monoisotopic (exact) mass is 327 g/mol. The summed E-state index contributed by atoms with van der Waals surface area (Å²) in [6.07, 6.45) is 4.68. The number of imidazole rings is 1. The van der Waals surface area contributed by atoms with Gasteiger partial charge in [-0.1, -0.05) is 25.9 Å². The van der Waals surface area contributed by atoms with Gasteiger partial charge in [-0.15, -0.1) is 0 Å². The Morgan fingerprint density at radius 1 is 1.25 bits per heavy atom. The fraction of sp³-hybridized carbons (Fsp3) is 0.312. The van der Waals surface area contributed by atoms with Crippen LogP contribution in [-0.2, 0) is 10.2 Å². The largest absolute Gasteiger partial charge is 0.464 e. The Morgan fingerprint density at radius 2 is 2.04 bits per heavy atom. The van der Waals surface area contributed by atoms with E-state index in [1.54, 1.807) is 23.0 Å². The minimum Gasteiger partial charge on any atom is -0.464 e. The Morgan fingerprint density at radius 3 is 2.62 bits per heavy atom. The van der Waals surface area contributed by atoms with Gasteiger partial charge in [-0.3, -0.25) is 4.57 Å². The second kappa shape index (κ2) is 5.88. The highest BCUT2D eigenvalue weighted by atomic mass is 16.5. The number of carbonyl (C=O) groups excluding carboxylic acids is 1. The van der Waals surface area contributed by atoms with E-state index >= 15 is 0 Å². The first-order valence-electron chi connectivity index (χ1n) is 7.32. The van der Waals surface area contributed by atoms with Crippen molar-refractivity contribution in [2.24, 2.45) is 0 Å². The lowest BCUT2D eigenvalue weighted by Gasteiger charge is -2.10. The molecule has 0 spiro atoms. The van der Waals surface area contributed by atoms with E-state index < -0.39 is 5.97 Å². The molecule has 0 bridgehead atoms. The Kier molecular flexibility index (Phi) is 3.88. The van der Waals surface area contributed by atoms with Gasteiger partial charge < -0.3 is 9.26 Å². The fourth-order valence-corrected chi connectivity index (χ4v) is 1.97. The summed E-state index contributed by atoms with van der Waals surface area (Å²) in [4.78, 5) is 24.1. The molecule has 0 N–H and O–H groups in total. The summed E-state index contributed by atoms with van der Waals surface area (Å²) >= 11 is 0. The molecule has 0 unspecified atom stereocenters. The zero-order chi connectivity index (χ0) is 17.3. The van der Waals surface area contributed by atoms with Crippen LogP contribution >= 0.6 is 0 Å². The number of nitrogens with zero attached hydrogens (tertiary/aromatic N) is 5. The van der Waals surface area contributed by atoms with Gasteiger partial charge in [-0.05, 0) is 12.1 Å². The van der Waals surface area contributed by atoms with Crippen LogP contribution < -0.4 is 0 Å². The van der Waals surface area contributed by atoms with E-state index in [1.165, 1.54) is 13.4 Å². The van der Waals surface area contributed by atoms with Gasteiger partial charge in [-0.25, -0.2) is 14.8 Å². The Bertz CT molecular complexity index is 858. The van der Waals surface area contributed by atoms with E-state index in [0.717, 1.165) is 5.56 Å². The van der Waals surface area contributed by atoms with E-state index in [0.29, 0.717) is 17.5 Å². The molecule has 0 aliphatic carbocycles. The summed E-state index contributed by atoms with van der Waals surface area (Å²) < 4.78 is 11.6. The molecule has 0 aliphatic heterocycles. The molecule has 0 saturated heterocycles. The van der Waals surface area contributed by atoms with Gasteiger partial charge in [0.05, 0.1) is 12.7 Å². The molecular formula is C16H17N5O3. The normalized spacial score (nSPS) is 11.5. The summed E-state index contributed by atoms with van der Waals surface area (Å²) in [6.45, 7) is 6.04. The summed E-state index contributed by atoms with van der Waals surface area (Å²) in [5, 5.41) is 4.00. The van der Waals surface area contributed by atoms with Crippen LogP contribution in [0.25, 0.3) is 17.3 Å². The molecule has 0 saturated carbocycles. The topological polar surface area (TPSA) is 95.9 Å². The molecule has 3 aromatic heterocycles. The molecule has 0 radical (unpaired) electrons. The minimum atomic E-state index is -0.495. The van der Waals surface area contributed by atoms with Crippen LogP contribution in [0.1, 0.15) is 37.1 Å². The van der Waals surface area contributed by atoms with Crippen molar-refractivity contribution in [3.63, 3.8) is 0 Å². The number of ether oxygens (including phenoxy) is 1. The zero-order valence-electron chi connectivity index (χ0n) is 13.8. The lowest BCUT2D eigenvalue weighted by molar-refractivity contribution is 0.0594. The molecule has 0 amide bonds. The number of aromatic nitrogens is 5. The lowest BCUT2D eigenvalue weighted by Crippen LogP contribution is -2.13. The fourth-order valence-electron chi connectivity index (χ4n) is 1.97. The second-order valence-corrected chi connectivity index (χ2v) is 6.24. The Balaban J connectivity index is 1.84. The lowest BCUT2D eigenvalue weighted by atomic mass is 9.96. The molecule has 0 atom stereocenters. The first-order chi connectivity index (χ1) is 11.4. The third-order valence-electron chi connectivity index (χ3n) is 3.33. The maximum absolute atomic E-state index is 11.4. The van der Waals surface area contributed by atoms with Crippen LogP contribution in [0.4, 0.5) is 0 Å². The summed E-state index contributed by atoms with van der Waals surface area (Å²) in [6, 6.07) is 3.60. The maximum atomic E-state index is 11.4. The van der Waals surface area contributed by atoms with Gasteiger partial charge in [-0.2, -0.15) is 4.98 Å². The first-order valence-corrected chi connectivity index (χ1v) is 7.32. The third-order valence-corrected chi connectivity index (χ3v) is 3.33. The molecule has 0 aliphatic rings. The van der Waals surface area contributed by atoms with Gasteiger partial charge in [0.2, 0.25) is 0 Å². The zero-order valence-corrected chi connectivity index (χ0v) is 13.8. The predicted molar refractivity (Wildman–Crippen MR) is 84.7 cm³/mol. The number of esters is 1. The standard InChI is InChI=1S/C16H17N5O3/c1-16(2,3)15-19-13(24-20-15)10-5-6-12(17-7-10)21-8-11(18-9-21)14(22)23-4/h5-9H,1-4H3. The first kappa shape index (κ1) is 15.9. The molecule has 3 heterocycles. The van der Waals surface area contributed by atoms with Gasteiger partial charge in [0.25, 0.3) is 5.89 Å². The average molecular weight is 327 g/mol. The molecular weight excluding hydrogens is 310 g/mol. The van der Waals surface area contributed by atoms with Gasteiger partial charge in [0.15, 0.2) is 11.5 Å². The molecule has 0 fully saturated rings. The highest BCUT2D eigenvalue weighted by Crippen LogP contribution is 2.23. The molecule has 0 aromatic carbocycles. The van der Waals surface area contributed by atoms with Gasteiger partial charge >= 0.3 is 5.97 Å². The van der Waals surface area contributed by atoms with Crippen molar-refractivity contribution < 1.29 is 14.1 Å². The number of pyridine rings is 1. The van der Waals surface area contributed by atoms with Crippen LogP contribution in [-0.4, -0.2) is 37.8 Å². The van der Waals surface area contributed by atoms with Gasteiger partial charge in [0.1, 0.15) is 12.1 Å². The summed E-state index contributed by atoms with van der Waals surface area (Å²) in [7, 11) is 1.31. The van der Waals surface area contributed by atoms with Crippen LogP contribution in [0, 0.1) is 0 Å². The number of hydrogen-bond donors (Lipinski definition) is 0. The average Bonchev–Trinajstić information content (AvgIpc) is 3.23. The van der Waals surface area contributed by atoms with Crippen molar-refractivity contribution in [3.8, 4) is 17.3 Å². The third kappa shape index (κ3) is 3.03. The predicted octanol–water partition coefficient (Wildman–Crippen LogP) is 2.40. The highest BCUT2D eigenvalue weighted by Gasteiger charge is 2.21. The van der Waals surface area contributed by atoms with Crippen molar-refractivity contribution in [3.05, 3.63) is 42.4 Å². The van der Waals surface area contributed by atoms with E-state index in [4.69, 9.17) is 4.52 Å². The molecule has 124 valence electrons. The summed E-state index contributed by atoms with van der Waals surface area (Å²) in [5.41, 5.74) is 0.751. The van der Waals surface area contributed by atoms with E-state index in [2.05, 4.69) is 24.8 Å². The van der Waals surface area contributed by atoms with Gasteiger partial charge in [0, 0.05) is 17.8 Å². The molecule has 24 heavy (non-hydrogen) atoms. The van der Waals surface area contributed by atoms with Crippen LogP contribution in [0.3, 0.4) is 0 Å². The molecule has 3 rings (SSSR count). The minimum absolute atomic E-state index is 0.184. The van der Waals surface area contributed by atoms with Crippen molar-refractivity contribution in [2.45, 2.75) is 26.2 Å². The van der Waals surface area contributed by atoms with E-state index in [9.17, 15) is 4.79 Å². The van der Waals surface area contributed by atoms with Crippen LogP contribution in [0.15, 0.2) is 35.4 Å². The van der Waals surface area contributed by atoms with Crippen LogP contribution in [0.2, 0.25) is 0 Å². The molecule has 3 aromatic rings. The van der Waals surface area contributed by atoms with E-state index in [1.807, 2.05) is 26.8 Å². The SMILES string of the molecule is COC(=O)c1cn(-c2ccc(-c3nc(C(C)(C)C)no3)cn2)cn1. The quantitative estimate of drug-likeness (QED) is 0.681. The second-order valence-electron chi connectivity index (χ2n) is 6.24. The number of carbonyl (C=O) groups is 1. The molecule has 8 nitrogen and oxygen atoms in total.